The van der Waals surface area contributed by atoms with E-state index in [0.717, 1.165) is 0 Å². The maximum absolute atomic E-state index is 13.0. The Balaban J connectivity index is 1.11. The average Bonchev–Trinajstić information content (AvgIpc) is 3.09. The highest BCUT2D eigenvalue weighted by Crippen LogP contribution is 2.37. The molecule has 15 nitrogen and oxygen atoms in total. The molecule has 0 heterocycles. The number of nitrogens with one attached hydrogen (secondary N) is 4. The number of rotatable bonds is 8. The smallest absolute Gasteiger partial charge is 0.328 e. The first-order valence-electron chi connectivity index (χ1n) is 15.8. The van der Waals surface area contributed by atoms with Gasteiger partial charge in [-0.15, -0.1) is 0 Å². The quantitative estimate of drug-likeness (QED) is 0.0628. The number of fused-ring (bicyclic) bond motifs is 2. The highest BCUT2D eigenvalue weighted by molar-refractivity contribution is 7.86. The molecule has 0 spiro atoms. The maximum Gasteiger partial charge on any atom is 0.328 e. The first-order chi connectivity index (χ1) is 25.4. The van der Waals surface area contributed by atoms with Crippen LogP contribution in [0.4, 0.5) is 27.5 Å². The summed E-state index contributed by atoms with van der Waals surface area (Å²) >= 11 is 0. The van der Waals surface area contributed by atoms with Crippen molar-refractivity contribution in [3.63, 3.8) is 0 Å². The summed E-state index contributed by atoms with van der Waals surface area (Å²) in [5.74, 6) is -1.89. The lowest BCUT2D eigenvalue weighted by atomic mass is 10.1. The summed E-state index contributed by atoms with van der Waals surface area (Å²) in [6.45, 7) is 3.22. The second-order valence-electron chi connectivity index (χ2n) is 12.2. The number of benzene rings is 6. The molecule has 0 bridgehead atoms. The van der Waals surface area contributed by atoms with Crippen molar-refractivity contribution in [1.29, 1.82) is 0 Å². The Morgan fingerprint density at radius 2 is 0.907 bits per heavy atom. The van der Waals surface area contributed by atoms with Gasteiger partial charge in [-0.2, -0.15) is 16.8 Å². The van der Waals surface area contributed by atoms with Crippen LogP contribution in [0.5, 0.6) is 11.5 Å². The number of carbonyl (C=O) groups excluding carboxylic acids is 3. The third kappa shape index (κ3) is 7.79. The van der Waals surface area contributed by atoms with Gasteiger partial charge in [-0.3, -0.25) is 29.3 Å². The zero-order valence-electron chi connectivity index (χ0n) is 28.2. The van der Waals surface area contributed by atoms with Crippen LogP contribution in [0.3, 0.4) is 0 Å². The summed E-state index contributed by atoms with van der Waals surface area (Å²) in [4.78, 5) is 38.1. The molecular formula is C37H30N4O11S2. The van der Waals surface area contributed by atoms with Crippen LogP contribution in [0.25, 0.3) is 21.5 Å². The Bertz CT molecular complexity index is 2600. The van der Waals surface area contributed by atoms with Gasteiger partial charge in [0.05, 0.1) is 21.2 Å². The predicted octanol–water partition coefficient (Wildman–Crippen LogP) is 6.28. The van der Waals surface area contributed by atoms with Gasteiger partial charge in [-0.1, -0.05) is 24.3 Å². The molecule has 0 radical (unpaired) electrons. The minimum atomic E-state index is -4.44. The number of phenolic OH excluding ortho intramolecular Hbond substituents is 2. The van der Waals surface area contributed by atoms with Crippen molar-refractivity contribution < 1.29 is 50.5 Å². The zero-order valence-corrected chi connectivity index (χ0v) is 29.8. The lowest BCUT2D eigenvalue weighted by Crippen LogP contribution is -2.42. The van der Waals surface area contributed by atoms with Crippen molar-refractivity contribution in [1.82, 2.24) is 10.6 Å². The van der Waals surface area contributed by atoms with E-state index < -0.39 is 38.1 Å². The fourth-order valence-electron chi connectivity index (χ4n) is 5.83. The second-order valence-corrected chi connectivity index (χ2v) is 15.0. The number of hydrogen-bond donors (Lipinski definition) is 8. The van der Waals surface area contributed by atoms with Gasteiger partial charge in [-0.25, -0.2) is 4.79 Å². The number of anilines is 4. The van der Waals surface area contributed by atoms with Gasteiger partial charge in [0.1, 0.15) is 11.5 Å². The zero-order chi connectivity index (χ0) is 39.1. The normalized spacial score (nSPS) is 11.6. The number of imide groups is 2. The van der Waals surface area contributed by atoms with E-state index >= 15 is 0 Å². The molecule has 0 unspecified atom stereocenters. The van der Waals surface area contributed by atoms with Gasteiger partial charge in [0.15, 0.2) is 0 Å². The Morgan fingerprint density at radius 1 is 0.519 bits per heavy atom. The Kier molecular flexibility index (Phi) is 9.74. The van der Waals surface area contributed by atoms with Gasteiger partial charge in [0.25, 0.3) is 32.1 Å². The van der Waals surface area contributed by atoms with E-state index in [1.54, 1.807) is 26.0 Å². The Morgan fingerprint density at radius 3 is 1.26 bits per heavy atom. The summed E-state index contributed by atoms with van der Waals surface area (Å²) < 4.78 is 65.0. The molecule has 4 amide bonds. The highest BCUT2D eigenvalue weighted by atomic mass is 32.2. The van der Waals surface area contributed by atoms with Crippen molar-refractivity contribution in [3.05, 3.63) is 119 Å². The fourth-order valence-corrected chi connectivity index (χ4v) is 6.86. The van der Waals surface area contributed by atoms with Crippen LogP contribution in [-0.4, -0.2) is 54.0 Å². The van der Waals surface area contributed by atoms with E-state index in [2.05, 4.69) is 21.3 Å². The van der Waals surface area contributed by atoms with Crippen molar-refractivity contribution >= 4 is 82.4 Å². The van der Waals surface area contributed by atoms with Crippen LogP contribution in [0.15, 0.2) is 107 Å². The van der Waals surface area contributed by atoms with Gasteiger partial charge in [0.2, 0.25) is 0 Å². The number of amides is 4. The molecule has 0 aliphatic heterocycles. The second kappa shape index (κ2) is 14.1. The van der Waals surface area contributed by atoms with E-state index in [9.17, 15) is 50.5 Å². The number of urea groups is 1. The lowest BCUT2D eigenvalue weighted by molar-refractivity contribution is 0.0944. The summed E-state index contributed by atoms with van der Waals surface area (Å²) in [5.41, 5.74) is 2.46. The Hall–Kier alpha value is -6.53. The molecule has 0 saturated heterocycles. The van der Waals surface area contributed by atoms with Crippen LogP contribution in [-0.2, 0) is 20.2 Å². The number of phenols is 2. The average molecular weight is 771 g/mol. The van der Waals surface area contributed by atoms with E-state index in [1.807, 2.05) is 0 Å². The highest BCUT2D eigenvalue weighted by Gasteiger charge is 2.19. The van der Waals surface area contributed by atoms with Gasteiger partial charge < -0.3 is 20.8 Å². The van der Waals surface area contributed by atoms with Crippen molar-refractivity contribution in [2.75, 3.05) is 10.6 Å². The van der Waals surface area contributed by atoms with Gasteiger partial charge in [0, 0.05) is 33.3 Å². The summed E-state index contributed by atoms with van der Waals surface area (Å²) in [6, 6.07) is 21.4. The van der Waals surface area contributed by atoms with E-state index in [-0.39, 0.29) is 43.8 Å². The minimum Gasteiger partial charge on any atom is -0.506 e. The van der Waals surface area contributed by atoms with Crippen molar-refractivity contribution in [2.45, 2.75) is 23.6 Å². The standard InChI is InChI=1S/C37H30N4O11S2/c1-19-15-23(38-33-29-11-7-25(53(47,48)49)17-21(29)3-13-31(33)42)5-9-27(19)35(44)40-37(46)41-36(45)28-10-6-24(16-20(28)2)39-34-30-12-8-26(54(50,51)52)18-22(30)4-14-32(34)43/h3-18,38-39,42-43H,1-2H3,(H,47,48,49)(H,50,51,52)(H2,40,41,44,45,46). The number of aryl methyl sites for hydroxylation is 2. The Labute approximate surface area is 307 Å². The lowest BCUT2D eigenvalue weighted by Gasteiger charge is -2.15. The maximum atomic E-state index is 13.0. The van der Waals surface area contributed by atoms with Crippen LogP contribution < -0.4 is 21.3 Å². The first kappa shape index (κ1) is 37.2. The number of carbonyl (C=O) groups is 3. The fraction of sp³-hybridized carbons (Fsp3) is 0.0541. The SMILES string of the molecule is Cc1cc(Nc2c(O)ccc3cc(S(=O)(=O)O)ccc23)ccc1C(=O)NC(=O)NC(=O)c1ccc(Nc2c(O)ccc3cc(S(=O)(=O)O)ccc23)cc1C. The van der Waals surface area contributed by atoms with E-state index in [1.165, 1.54) is 84.9 Å². The monoisotopic (exact) mass is 770 g/mol. The van der Waals surface area contributed by atoms with Crippen LogP contribution in [0.2, 0.25) is 0 Å². The van der Waals surface area contributed by atoms with Crippen LogP contribution in [0, 0.1) is 13.8 Å². The molecule has 0 aromatic heterocycles. The van der Waals surface area contributed by atoms with Gasteiger partial charge >= 0.3 is 6.03 Å². The predicted molar refractivity (Wildman–Crippen MR) is 200 cm³/mol. The van der Waals surface area contributed by atoms with E-state index in [4.69, 9.17) is 0 Å². The molecule has 6 aromatic rings. The molecule has 276 valence electrons. The summed E-state index contributed by atoms with van der Waals surface area (Å²) in [5, 5.41) is 33.1. The molecule has 0 aliphatic rings. The summed E-state index contributed by atoms with van der Waals surface area (Å²) in [7, 11) is -8.89. The largest absolute Gasteiger partial charge is 0.506 e. The summed E-state index contributed by atoms with van der Waals surface area (Å²) in [6.07, 6.45) is 0. The van der Waals surface area contributed by atoms with Crippen LogP contribution in [0.1, 0.15) is 31.8 Å². The number of aromatic hydroxyl groups is 2. The van der Waals surface area contributed by atoms with E-state index in [0.29, 0.717) is 44.0 Å². The third-order valence-corrected chi connectivity index (χ3v) is 10.2. The molecule has 6 aromatic carbocycles. The third-order valence-electron chi connectivity index (χ3n) is 8.47. The minimum absolute atomic E-state index is 0.112. The molecular weight excluding hydrogens is 741 g/mol. The molecule has 17 heteroatoms. The number of hydrogen-bond acceptors (Lipinski definition) is 11. The topological polar surface area (TPSA) is 249 Å². The first-order valence-corrected chi connectivity index (χ1v) is 18.7. The van der Waals surface area contributed by atoms with Crippen molar-refractivity contribution in [3.8, 4) is 11.5 Å². The molecule has 0 atom stereocenters. The molecule has 54 heavy (non-hydrogen) atoms. The molecule has 6 rings (SSSR count). The van der Waals surface area contributed by atoms with Crippen LogP contribution >= 0.6 is 0 Å². The van der Waals surface area contributed by atoms with Crippen molar-refractivity contribution in [2.24, 2.45) is 0 Å². The molecule has 0 fully saturated rings. The molecule has 0 saturated carbocycles. The molecule has 0 aliphatic carbocycles. The van der Waals surface area contributed by atoms with Gasteiger partial charge in [-0.05, 0) is 109 Å². The molecule has 8 N–H and O–H groups in total.